The van der Waals surface area contributed by atoms with E-state index in [0.717, 1.165) is 5.56 Å². The van der Waals surface area contributed by atoms with Gasteiger partial charge in [0.2, 0.25) is 0 Å². The maximum absolute atomic E-state index is 11.8. The Morgan fingerprint density at radius 1 is 1.17 bits per heavy atom. The Morgan fingerprint density at radius 2 is 1.87 bits per heavy atom. The predicted molar refractivity (Wildman–Crippen MR) is 93.7 cm³/mol. The van der Waals surface area contributed by atoms with E-state index in [1.807, 2.05) is 36.4 Å². The minimum Gasteiger partial charge on any atom is -0.481 e. The summed E-state index contributed by atoms with van der Waals surface area (Å²) in [4.78, 5) is 11.8. The molecule has 2 aromatic rings. The van der Waals surface area contributed by atoms with Crippen molar-refractivity contribution in [1.29, 1.82) is 0 Å². The Morgan fingerprint density at radius 3 is 2.57 bits per heavy atom. The maximum atomic E-state index is 11.8. The van der Waals surface area contributed by atoms with E-state index in [9.17, 15) is 4.79 Å². The van der Waals surface area contributed by atoms with Crippen LogP contribution in [0.15, 0.2) is 65.8 Å². The molecule has 0 radical (unpaired) electrons. The summed E-state index contributed by atoms with van der Waals surface area (Å²) in [5, 5.41) is 4.47. The van der Waals surface area contributed by atoms with Gasteiger partial charge in [0.15, 0.2) is 6.10 Å². The molecule has 4 nitrogen and oxygen atoms in total. The Labute approximate surface area is 140 Å². The van der Waals surface area contributed by atoms with Crippen LogP contribution in [0.3, 0.4) is 0 Å². The maximum Gasteiger partial charge on any atom is 0.280 e. The molecule has 0 aromatic heterocycles. The first-order chi connectivity index (χ1) is 11.1. The van der Waals surface area contributed by atoms with Gasteiger partial charge in [0, 0.05) is 11.2 Å². The first-order valence-corrected chi connectivity index (χ1v) is 7.50. The van der Waals surface area contributed by atoms with Gasteiger partial charge in [-0.25, -0.2) is 5.43 Å². The van der Waals surface area contributed by atoms with E-state index >= 15 is 0 Å². The lowest BCUT2D eigenvalue weighted by molar-refractivity contribution is -0.127. The molecule has 5 heteroatoms. The number of benzene rings is 2. The first-order valence-electron chi connectivity index (χ1n) is 7.12. The summed E-state index contributed by atoms with van der Waals surface area (Å²) in [6, 6.07) is 16.6. The largest absolute Gasteiger partial charge is 0.481 e. The van der Waals surface area contributed by atoms with E-state index in [4.69, 9.17) is 16.3 Å². The lowest BCUT2D eigenvalue weighted by Crippen LogP contribution is -2.33. The zero-order valence-corrected chi connectivity index (χ0v) is 13.4. The van der Waals surface area contributed by atoms with Crippen LogP contribution in [-0.2, 0) is 4.79 Å². The van der Waals surface area contributed by atoms with Gasteiger partial charge in [-0.15, -0.1) is 0 Å². The zero-order chi connectivity index (χ0) is 16.5. The summed E-state index contributed by atoms with van der Waals surface area (Å²) in [6.45, 7) is 1.65. The van der Waals surface area contributed by atoms with Crippen molar-refractivity contribution in [2.75, 3.05) is 0 Å². The van der Waals surface area contributed by atoms with E-state index in [1.165, 1.54) is 6.21 Å². The van der Waals surface area contributed by atoms with Crippen LogP contribution >= 0.6 is 11.6 Å². The Bertz CT molecular complexity index is 682. The normalized spacial score (nSPS) is 12.4. The summed E-state index contributed by atoms with van der Waals surface area (Å²) in [5.74, 6) is 0.245. The van der Waals surface area contributed by atoms with Crippen LogP contribution in [0, 0.1) is 0 Å². The number of ether oxygens (including phenoxy) is 1. The fourth-order valence-electron chi connectivity index (χ4n) is 1.72. The number of halogens is 1. The Kier molecular flexibility index (Phi) is 6.39. The Hall–Kier alpha value is -2.59. The van der Waals surface area contributed by atoms with Crippen LogP contribution in [0.5, 0.6) is 5.75 Å². The quantitative estimate of drug-likeness (QED) is 0.645. The highest BCUT2D eigenvalue weighted by molar-refractivity contribution is 6.30. The molecule has 0 spiro atoms. The molecule has 2 rings (SSSR count). The van der Waals surface area contributed by atoms with Crippen molar-refractivity contribution in [1.82, 2.24) is 5.43 Å². The van der Waals surface area contributed by atoms with Crippen molar-refractivity contribution in [3.05, 3.63) is 71.3 Å². The number of hydrogen-bond acceptors (Lipinski definition) is 3. The lowest BCUT2D eigenvalue weighted by Gasteiger charge is -2.12. The monoisotopic (exact) mass is 328 g/mol. The zero-order valence-electron chi connectivity index (χ0n) is 12.6. The average Bonchev–Trinajstić information content (AvgIpc) is 2.57. The van der Waals surface area contributed by atoms with Crippen molar-refractivity contribution in [3.63, 3.8) is 0 Å². The molecule has 0 unspecified atom stereocenters. The molecule has 0 saturated heterocycles. The van der Waals surface area contributed by atoms with Crippen LogP contribution in [0.4, 0.5) is 0 Å². The number of hydrazone groups is 1. The van der Waals surface area contributed by atoms with Gasteiger partial charge < -0.3 is 4.74 Å². The Balaban J connectivity index is 1.78. The van der Waals surface area contributed by atoms with Crippen molar-refractivity contribution in [2.24, 2.45) is 5.10 Å². The molecule has 1 atom stereocenters. The summed E-state index contributed by atoms with van der Waals surface area (Å²) in [6.07, 6.45) is 4.50. The van der Waals surface area contributed by atoms with Gasteiger partial charge >= 0.3 is 0 Å². The van der Waals surface area contributed by atoms with Crippen LogP contribution in [0.1, 0.15) is 12.5 Å². The minimum absolute atomic E-state index is 0.329. The number of nitrogens with zero attached hydrogens (tertiary/aromatic N) is 1. The number of carbonyl (C=O) groups excluding carboxylic acids is 1. The molecule has 1 amide bonds. The summed E-state index contributed by atoms with van der Waals surface area (Å²) in [5.41, 5.74) is 3.49. The predicted octanol–water partition coefficient (Wildman–Crippen LogP) is 3.92. The van der Waals surface area contributed by atoms with E-state index in [0.29, 0.717) is 10.8 Å². The van der Waals surface area contributed by atoms with E-state index in [1.54, 1.807) is 37.3 Å². The van der Waals surface area contributed by atoms with Crippen LogP contribution in [0.2, 0.25) is 5.02 Å². The van der Waals surface area contributed by atoms with Crippen molar-refractivity contribution in [2.45, 2.75) is 13.0 Å². The van der Waals surface area contributed by atoms with Crippen LogP contribution in [0.25, 0.3) is 6.08 Å². The SMILES string of the molecule is C[C@H](Oc1ccc(Cl)cc1)C(=O)NN=C/C=C/c1ccccc1. The number of allylic oxidation sites excluding steroid dienone is 1. The molecule has 0 aliphatic rings. The average molecular weight is 329 g/mol. The number of nitrogens with one attached hydrogen (secondary N) is 1. The molecule has 0 heterocycles. The number of hydrogen-bond donors (Lipinski definition) is 1. The van der Waals surface area contributed by atoms with Gasteiger partial charge in [-0.05, 0) is 42.8 Å². The third-order valence-electron chi connectivity index (χ3n) is 2.92. The van der Waals surface area contributed by atoms with Gasteiger partial charge in [-0.2, -0.15) is 5.10 Å². The summed E-state index contributed by atoms with van der Waals surface area (Å²) >= 11 is 5.79. The molecule has 1 N–H and O–H groups in total. The van der Waals surface area contributed by atoms with Crippen molar-refractivity contribution < 1.29 is 9.53 Å². The number of rotatable bonds is 6. The number of carbonyl (C=O) groups is 1. The van der Waals surface area contributed by atoms with Gasteiger partial charge in [0.25, 0.3) is 5.91 Å². The molecular formula is C18H17ClN2O2. The first kappa shape index (κ1) is 16.8. The molecule has 0 saturated carbocycles. The number of amides is 1. The second-order valence-electron chi connectivity index (χ2n) is 4.74. The van der Waals surface area contributed by atoms with Crippen molar-refractivity contribution in [3.8, 4) is 5.75 Å². The lowest BCUT2D eigenvalue weighted by atomic mass is 10.2. The van der Waals surface area contributed by atoms with Crippen molar-refractivity contribution >= 4 is 29.8 Å². The van der Waals surface area contributed by atoms with E-state index < -0.39 is 6.10 Å². The molecule has 118 valence electrons. The van der Waals surface area contributed by atoms with Crippen LogP contribution < -0.4 is 10.2 Å². The third kappa shape index (κ3) is 5.96. The fraction of sp³-hybridized carbons (Fsp3) is 0.111. The molecule has 0 bridgehead atoms. The molecule has 2 aromatic carbocycles. The summed E-state index contributed by atoms with van der Waals surface area (Å²) < 4.78 is 5.49. The smallest absolute Gasteiger partial charge is 0.280 e. The second kappa shape index (κ2) is 8.76. The molecule has 23 heavy (non-hydrogen) atoms. The highest BCUT2D eigenvalue weighted by Gasteiger charge is 2.13. The fourth-order valence-corrected chi connectivity index (χ4v) is 1.85. The molecule has 0 aliphatic heterocycles. The summed E-state index contributed by atoms with van der Waals surface area (Å²) in [7, 11) is 0. The standard InChI is InChI=1S/C18H17ClN2O2/c1-14(23-17-11-9-16(19)10-12-17)18(22)21-20-13-5-8-15-6-3-2-4-7-15/h2-14H,1H3,(H,21,22)/b8-5+,20-13?/t14-/m0/s1. The van der Waals surface area contributed by atoms with E-state index in [-0.39, 0.29) is 5.91 Å². The highest BCUT2D eigenvalue weighted by Crippen LogP contribution is 2.16. The highest BCUT2D eigenvalue weighted by atomic mass is 35.5. The minimum atomic E-state index is -0.661. The van der Waals surface area contributed by atoms with Crippen LogP contribution in [-0.4, -0.2) is 18.2 Å². The molecule has 0 aliphatic carbocycles. The van der Waals surface area contributed by atoms with Gasteiger partial charge in [-0.1, -0.05) is 48.0 Å². The second-order valence-corrected chi connectivity index (χ2v) is 5.17. The van der Waals surface area contributed by atoms with Gasteiger partial charge in [-0.3, -0.25) is 4.79 Å². The van der Waals surface area contributed by atoms with Gasteiger partial charge in [0.1, 0.15) is 5.75 Å². The third-order valence-corrected chi connectivity index (χ3v) is 3.17. The van der Waals surface area contributed by atoms with Gasteiger partial charge in [0.05, 0.1) is 0 Å². The van der Waals surface area contributed by atoms with E-state index in [2.05, 4.69) is 10.5 Å². The topological polar surface area (TPSA) is 50.7 Å². The molecule has 0 fully saturated rings. The molecular weight excluding hydrogens is 312 g/mol.